The van der Waals surface area contributed by atoms with Crippen molar-refractivity contribution in [3.05, 3.63) is 23.8 Å². The number of aliphatic hydroxyl groups excluding tert-OH is 1. The molecule has 0 fully saturated rings. The second-order valence-electron chi connectivity index (χ2n) is 2.56. The van der Waals surface area contributed by atoms with Crippen LogP contribution >= 0.6 is 22.6 Å². The molecule has 0 aromatic carbocycles. The first-order valence-electron chi connectivity index (χ1n) is 3.37. The number of hydrogen-bond donors (Lipinski definition) is 1. The van der Waals surface area contributed by atoms with Crippen LogP contribution in [0.2, 0.25) is 0 Å². The van der Waals surface area contributed by atoms with Crippen LogP contribution in [0.5, 0.6) is 0 Å². The van der Waals surface area contributed by atoms with Crippen LogP contribution in [0.4, 0.5) is 0 Å². The molecule has 0 amide bonds. The Morgan fingerprint density at radius 1 is 1.70 bits per heavy atom. The smallest absolute Gasteiger partial charge is 0.0820 e. The molecule has 1 rings (SSSR count). The molecule has 10 heavy (non-hydrogen) atoms. The second kappa shape index (κ2) is 3.53. The lowest BCUT2D eigenvalue weighted by Gasteiger charge is -2.20. The largest absolute Gasteiger partial charge is 0.388 e. The predicted octanol–water partition coefficient (Wildman–Crippen LogP) is 1.91. The Morgan fingerprint density at radius 2 is 2.40 bits per heavy atom. The van der Waals surface area contributed by atoms with E-state index in [4.69, 9.17) is 0 Å². The maximum atomic E-state index is 9.51. The minimum absolute atomic E-state index is 0.248. The van der Waals surface area contributed by atoms with Gasteiger partial charge in [-0.15, -0.1) is 0 Å². The summed E-state index contributed by atoms with van der Waals surface area (Å²) in [4.78, 5) is 0. The van der Waals surface area contributed by atoms with Gasteiger partial charge in [-0.25, -0.2) is 0 Å². The van der Waals surface area contributed by atoms with Gasteiger partial charge in [0.15, 0.2) is 0 Å². The average Bonchev–Trinajstić information content (AvgIpc) is 1.95. The fraction of sp³-hybridized carbons (Fsp3) is 0.500. The Balaban J connectivity index is 2.71. The molecule has 0 heterocycles. The maximum absolute atomic E-state index is 9.51. The van der Waals surface area contributed by atoms with Gasteiger partial charge in [-0.1, -0.05) is 47.7 Å². The average molecular weight is 250 g/mol. The van der Waals surface area contributed by atoms with Crippen molar-refractivity contribution in [2.45, 2.75) is 13.0 Å². The third-order valence-corrected chi connectivity index (χ3v) is 2.64. The van der Waals surface area contributed by atoms with Crippen LogP contribution < -0.4 is 0 Å². The maximum Gasteiger partial charge on any atom is 0.0820 e. The summed E-state index contributed by atoms with van der Waals surface area (Å²) < 4.78 is 0.924. The van der Waals surface area contributed by atoms with Crippen molar-refractivity contribution in [2.75, 3.05) is 4.43 Å². The molecule has 0 aliphatic heterocycles. The molecule has 0 aromatic heterocycles. The Kier molecular flexibility index (Phi) is 2.92. The zero-order valence-corrected chi connectivity index (χ0v) is 8.08. The number of hydrogen-bond acceptors (Lipinski definition) is 1. The normalized spacial score (nSPS) is 32.1. The van der Waals surface area contributed by atoms with Crippen molar-refractivity contribution >= 4 is 22.6 Å². The highest BCUT2D eigenvalue weighted by molar-refractivity contribution is 14.1. The molecule has 2 atom stereocenters. The fourth-order valence-electron chi connectivity index (χ4n) is 1.02. The lowest BCUT2D eigenvalue weighted by molar-refractivity contribution is 0.172. The Hall–Kier alpha value is 0.170. The van der Waals surface area contributed by atoms with Gasteiger partial charge in [0.2, 0.25) is 0 Å². The third kappa shape index (κ3) is 1.61. The minimum atomic E-state index is -0.248. The summed E-state index contributed by atoms with van der Waals surface area (Å²) in [5, 5.41) is 9.51. The van der Waals surface area contributed by atoms with Gasteiger partial charge in [-0.3, -0.25) is 0 Å². The van der Waals surface area contributed by atoms with E-state index in [0.717, 1.165) is 10.0 Å². The van der Waals surface area contributed by atoms with Gasteiger partial charge in [0.1, 0.15) is 0 Å². The summed E-state index contributed by atoms with van der Waals surface area (Å²) >= 11 is 2.27. The summed E-state index contributed by atoms with van der Waals surface area (Å²) in [5.74, 6) is 0.287. The highest BCUT2D eigenvalue weighted by Crippen LogP contribution is 2.20. The van der Waals surface area contributed by atoms with Crippen LogP contribution in [0.15, 0.2) is 23.8 Å². The van der Waals surface area contributed by atoms with Crippen LogP contribution in [0.25, 0.3) is 0 Å². The quantitative estimate of drug-likeness (QED) is 0.556. The molecule has 56 valence electrons. The molecular formula is C8H11IO. The number of halogens is 1. The zero-order chi connectivity index (χ0) is 7.56. The van der Waals surface area contributed by atoms with E-state index < -0.39 is 0 Å². The molecule has 0 aromatic rings. The number of rotatable bonds is 1. The molecule has 0 saturated carbocycles. The van der Waals surface area contributed by atoms with Gasteiger partial charge in [0.25, 0.3) is 0 Å². The highest BCUT2D eigenvalue weighted by atomic mass is 127. The fourth-order valence-corrected chi connectivity index (χ4v) is 1.72. The molecule has 0 saturated heterocycles. The van der Waals surface area contributed by atoms with E-state index in [1.54, 1.807) is 0 Å². The zero-order valence-electron chi connectivity index (χ0n) is 5.92. The Bertz CT molecular complexity index is 172. The Morgan fingerprint density at radius 3 is 2.90 bits per heavy atom. The summed E-state index contributed by atoms with van der Waals surface area (Å²) in [6, 6.07) is 0. The summed E-state index contributed by atoms with van der Waals surface area (Å²) in [6.45, 7) is 2.03. The van der Waals surface area contributed by atoms with Crippen LogP contribution in [0.3, 0.4) is 0 Å². The summed E-state index contributed by atoms with van der Waals surface area (Å²) in [6.07, 6.45) is 5.80. The van der Waals surface area contributed by atoms with E-state index in [0.29, 0.717) is 0 Å². The van der Waals surface area contributed by atoms with Gasteiger partial charge in [-0.05, 0) is 5.57 Å². The minimum Gasteiger partial charge on any atom is -0.388 e. The first-order chi connectivity index (χ1) is 4.75. The highest BCUT2D eigenvalue weighted by Gasteiger charge is 2.17. The van der Waals surface area contributed by atoms with Crippen LogP contribution in [-0.4, -0.2) is 15.6 Å². The third-order valence-electron chi connectivity index (χ3n) is 1.76. The predicted molar refractivity (Wildman–Crippen MR) is 51.3 cm³/mol. The van der Waals surface area contributed by atoms with Crippen molar-refractivity contribution in [1.29, 1.82) is 0 Å². The first kappa shape index (κ1) is 8.27. The van der Waals surface area contributed by atoms with E-state index >= 15 is 0 Å². The molecule has 1 N–H and O–H groups in total. The molecular weight excluding hydrogens is 239 g/mol. The molecule has 1 nitrogen and oxygen atoms in total. The first-order valence-corrected chi connectivity index (χ1v) is 4.89. The topological polar surface area (TPSA) is 20.2 Å². The Labute approximate surface area is 75.0 Å². The van der Waals surface area contributed by atoms with Crippen molar-refractivity contribution < 1.29 is 5.11 Å². The number of alkyl halides is 1. The second-order valence-corrected chi connectivity index (χ2v) is 3.33. The van der Waals surface area contributed by atoms with E-state index in [1.807, 2.05) is 25.2 Å². The monoisotopic (exact) mass is 250 g/mol. The lowest BCUT2D eigenvalue weighted by atomic mass is 9.94. The molecule has 1 unspecified atom stereocenters. The van der Waals surface area contributed by atoms with Gasteiger partial charge < -0.3 is 5.11 Å². The van der Waals surface area contributed by atoms with E-state index in [1.165, 1.54) is 0 Å². The van der Waals surface area contributed by atoms with E-state index in [2.05, 4.69) is 22.6 Å². The van der Waals surface area contributed by atoms with E-state index in [9.17, 15) is 5.11 Å². The van der Waals surface area contributed by atoms with Gasteiger partial charge in [-0.2, -0.15) is 0 Å². The van der Waals surface area contributed by atoms with Gasteiger partial charge in [0, 0.05) is 10.3 Å². The van der Waals surface area contributed by atoms with Gasteiger partial charge in [0.05, 0.1) is 6.10 Å². The van der Waals surface area contributed by atoms with Crippen molar-refractivity contribution in [3.63, 3.8) is 0 Å². The van der Waals surface area contributed by atoms with Crippen LogP contribution in [0, 0.1) is 5.92 Å². The molecule has 0 radical (unpaired) electrons. The van der Waals surface area contributed by atoms with E-state index in [-0.39, 0.29) is 12.0 Å². The van der Waals surface area contributed by atoms with Crippen molar-refractivity contribution in [3.8, 4) is 0 Å². The molecule has 1 aliphatic rings. The van der Waals surface area contributed by atoms with Crippen molar-refractivity contribution in [1.82, 2.24) is 0 Å². The van der Waals surface area contributed by atoms with Gasteiger partial charge >= 0.3 is 0 Å². The standard InChI is InChI=1S/C8H11IO/c1-6-3-2-4-7(5-9)8(6)10/h2-4,6,8,10H,5H2,1H3/t6?,8-/m0/s1. The SMILES string of the molecule is CC1C=CC=C(CI)[C@H]1O. The van der Waals surface area contributed by atoms with Crippen LogP contribution in [-0.2, 0) is 0 Å². The lowest BCUT2D eigenvalue weighted by Crippen LogP contribution is -2.21. The van der Waals surface area contributed by atoms with Crippen LogP contribution in [0.1, 0.15) is 6.92 Å². The number of allylic oxidation sites excluding steroid dienone is 2. The summed E-state index contributed by atoms with van der Waals surface area (Å²) in [7, 11) is 0. The molecule has 0 spiro atoms. The summed E-state index contributed by atoms with van der Waals surface area (Å²) in [5.41, 5.74) is 1.13. The molecule has 0 bridgehead atoms. The number of aliphatic hydroxyl groups is 1. The molecule has 2 heteroatoms. The van der Waals surface area contributed by atoms with Crippen molar-refractivity contribution in [2.24, 2.45) is 5.92 Å². The molecule has 1 aliphatic carbocycles.